The van der Waals surface area contributed by atoms with Crippen molar-refractivity contribution < 1.29 is 19.4 Å². The van der Waals surface area contributed by atoms with Gasteiger partial charge >= 0.3 is 0 Å². The van der Waals surface area contributed by atoms with Gasteiger partial charge in [0.2, 0.25) is 0 Å². The Balaban J connectivity index is 1.89. The lowest BCUT2D eigenvalue weighted by Gasteiger charge is -2.29. The van der Waals surface area contributed by atoms with Crippen molar-refractivity contribution in [3.05, 3.63) is 59.7 Å². The first-order chi connectivity index (χ1) is 10.2. The van der Waals surface area contributed by atoms with Gasteiger partial charge in [-0.15, -0.1) is 0 Å². The Bertz CT molecular complexity index is 665. The first-order valence-electron chi connectivity index (χ1n) is 6.79. The summed E-state index contributed by atoms with van der Waals surface area (Å²) in [5.74, 6) is 0.509. The molecular weight excluding hydrogens is 268 g/mol. The Labute approximate surface area is 122 Å². The maximum Gasteiger partial charge on any atom is 0.172 e. The van der Waals surface area contributed by atoms with Crippen molar-refractivity contribution in [1.29, 1.82) is 0 Å². The molecule has 2 atom stereocenters. The highest BCUT2D eigenvalue weighted by Gasteiger charge is 2.34. The van der Waals surface area contributed by atoms with E-state index in [1.807, 2.05) is 12.1 Å². The topological polar surface area (TPSA) is 55.8 Å². The van der Waals surface area contributed by atoms with E-state index in [9.17, 15) is 9.90 Å². The van der Waals surface area contributed by atoms with Gasteiger partial charge in [-0.2, -0.15) is 0 Å². The Kier molecular flexibility index (Phi) is 3.62. The van der Waals surface area contributed by atoms with Crippen LogP contribution in [-0.4, -0.2) is 24.6 Å². The summed E-state index contributed by atoms with van der Waals surface area (Å²) in [5, 5.41) is 10.4. The van der Waals surface area contributed by atoms with Gasteiger partial charge in [0.1, 0.15) is 18.1 Å². The Morgan fingerprint density at radius 3 is 2.86 bits per heavy atom. The van der Waals surface area contributed by atoms with E-state index in [-0.39, 0.29) is 12.4 Å². The van der Waals surface area contributed by atoms with Crippen LogP contribution in [0.2, 0.25) is 0 Å². The summed E-state index contributed by atoms with van der Waals surface area (Å²) in [5.41, 5.74) is 1.17. The highest BCUT2D eigenvalue weighted by Crippen LogP contribution is 2.36. The molecule has 3 rings (SSSR count). The lowest BCUT2D eigenvalue weighted by molar-refractivity contribution is 0.0418. The lowest BCUT2D eigenvalue weighted by atomic mass is 9.87. The number of fused-ring (bicyclic) bond motifs is 1. The number of aliphatic hydroxyl groups is 1. The van der Waals surface area contributed by atoms with Crippen LogP contribution in [0.4, 0.5) is 0 Å². The fraction of sp³-hybridized carbons (Fsp3) is 0.235. The predicted octanol–water partition coefficient (Wildman–Crippen LogP) is 2.62. The van der Waals surface area contributed by atoms with E-state index in [2.05, 4.69) is 0 Å². The van der Waals surface area contributed by atoms with Crippen LogP contribution in [0.25, 0.3) is 0 Å². The maximum absolute atomic E-state index is 12.6. The van der Waals surface area contributed by atoms with Crippen LogP contribution in [0.3, 0.4) is 0 Å². The minimum absolute atomic E-state index is 0.143. The second kappa shape index (κ2) is 5.58. The van der Waals surface area contributed by atoms with E-state index in [1.165, 1.54) is 0 Å². The molecule has 4 nitrogen and oxygen atoms in total. The number of methoxy groups -OCH3 is 1. The van der Waals surface area contributed by atoms with E-state index in [0.717, 1.165) is 0 Å². The van der Waals surface area contributed by atoms with E-state index in [1.54, 1.807) is 43.5 Å². The molecule has 1 heterocycles. The quantitative estimate of drug-likeness (QED) is 0.880. The molecule has 1 aliphatic rings. The van der Waals surface area contributed by atoms with Gasteiger partial charge in [-0.25, -0.2) is 0 Å². The third-order valence-electron chi connectivity index (χ3n) is 3.73. The van der Waals surface area contributed by atoms with E-state index in [0.29, 0.717) is 22.6 Å². The van der Waals surface area contributed by atoms with Gasteiger partial charge in [0.05, 0.1) is 19.1 Å². The summed E-state index contributed by atoms with van der Waals surface area (Å²) in [6.07, 6.45) is -0.853. The minimum atomic E-state index is -0.853. The van der Waals surface area contributed by atoms with Gasteiger partial charge < -0.3 is 14.6 Å². The second-order valence-electron chi connectivity index (χ2n) is 5.00. The number of Topliss-reactive ketones (excluding diaryl/α,β-unsaturated/α-hetero) is 1. The fourth-order valence-electron chi connectivity index (χ4n) is 2.55. The monoisotopic (exact) mass is 284 g/mol. The van der Waals surface area contributed by atoms with Crippen LogP contribution in [0.1, 0.15) is 22.0 Å². The molecule has 4 heteroatoms. The Hall–Kier alpha value is -2.33. The molecule has 2 aromatic carbocycles. The van der Waals surface area contributed by atoms with Gasteiger partial charge in [-0.05, 0) is 18.2 Å². The van der Waals surface area contributed by atoms with Gasteiger partial charge in [0.25, 0.3) is 0 Å². The van der Waals surface area contributed by atoms with E-state index in [4.69, 9.17) is 9.47 Å². The van der Waals surface area contributed by atoms with Crippen molar-refractivity contribution in [1.82, 2.24) is 0 Å². The highest BCUT2D eigenvalue weighted by atomic mass is 16.5. The molecule has 0 radical (unpaired) electrons. The summed E-state index contributed by atoms with van der Waals surface area (Å²) in [6.45, 7) is 0.175. The standard InChI is InChI=1S/C17H16O4/c1-20-12-6-4-5-11(9-12)16(18)14-10-21-15-8-3-2-7-13(15)17(14)19/h2-9,14,17,19H,10H2,1H3. The third-order valence-corrected chi connectivity index (χ3v) is 3.73. The zero-order valence-corrected chi connectivity index (χ0v) is 11.7. The first kappa shape index (κ1) is 13.6. The Morgan fingerprint density at radius 2 is 2.05 bits per heavy atom. The first-order valence-corrected chi connectivity index (χ1v) is 6.79. The number of carbonyl (C=O) groups is 1. The number of carbonyl (C=O) groups excluding carboxylic acids is 1. The molecule has 0 aliphatic carbocycles. The van der Waals surface area contributed by atoms with Gasteiger partial charge in [-0.3, -0.25) is 4.79 Å². The van der Waals surface area contributed by atoms with Gasteiger partial charge in [0.15, 0.2) is 5.78 Å². The molecule has 0 aromatic heterocycles. The zero-order chi connectivity index (χ0) is 14.8. The Morgan fingerprint density at radius 1 is 1.24 bits per heavy atom. The van der Waals surface area contributed by atoms with E-state index >= 15 is 0 Å². The van der Waals surface area contributed by atoms with Gasteiger partial charge in [-0.1, -0.05) is 30.3 Å². The van der Waals surface area contributed by atoms with Crippen LogP contribution in [0.5, 0.6) is 11.5 Å². The minimum Gasteiger partial charge on any atom is -0.497 e. The molecule has 0 fully saturated rings. The summed E-state index contributed by atoms with van der Waals surface area (Å²) in [7, 11) is 1.55. The van der Waals surface area contributed by atoms with Crippen molar-refractivity contribution in [3.8, 4) is 11.5 Å². The normalized spacial score (nSPS) is 20.3. The predicted molar refractivity (Wildman–Crippen MR) is 77.7 cm³/mol. The molecule has 108 valence electrons. The average molecular weight is 284 g/mol. The molecule has 0 spiro atoms. The zero-order valence-electron chi connectivity index (χ0n) is 11.7. The summed E-state index contributed by atoms with van der Waals surface area (Å²) in [6, 6.07) is 14.2. The number of rotatable bonds is 3. The molecule has 0 bridgehead atoms. The van der Waals surface area contributed by atoms with Crippen molar-refractivity contribution in [2.75, 3.05) is 13.7 Å². The molecule has 21 heavy (non-hydrogen) atoms. The number of ketones is 1. The number of ether oxygens (including phenoxy) is 2. The van der Waals surface area contributed by atoms with Crippen molar-refractivity contribution in [3.63, 3.8) is 0 Å². The molecule has 2 aromatic rings. The molecule has 0 amide bonds. The SMILES string of the molecule is COc1cccc(C(=O)C2COc3ccccc3C2O)c1. The number of aliphatic hydroxyl groups excluding tert-OH is 1. The molecule has 2 unspecified atom stereocenters. The third kappa shape index (κ3) is 2.50. The summed E-state index contributed by atoms with van der Waals surface area (Å²) >= 11 is 0. The average Bonchev–Trinajstić information content (AvgIpc) is 2.55. The number of hydrogen-bond donors (Lipinski definition) is 1. The lowest BCUT2D eigenvalue weighted by Crippen LogP contribution is -2.32. The van der Waals surface area contributed by atoms with Crippen LogP contribution in [-0.2, 0) is 0 Å². The highest BCUT2D eigenvalue weighted by molar-refractivity contribution is 5.99. The van der Waals surface area contributed by atoms with Crippen LogP contribution >= 0.6 is 0 Å². The second-order valence-corrected chi connectivity index (χ2v) is 5.00. The van der Waals surface area contributed by atoms with Crippen molar-refractivity contribution in [2.24, 2.45) is 5.92 Å². The number of hydrogen-bond acceptors (Lipinski definition) is 4. The van der Waals surface area contributed by atoms with Gasteiger partial charge in [0, 0.05) is 11.1 Å². The molecule has 0 saturated carbocycles. The summed E-state index contributed by atoms with van der Waals surface area (Å²) in [4.78, 5) is 12.6. The smallest absolute Gasteiger partial charge is 0.172 e. The fourth-order valence-corrected chi connectivity index (χ4v) is 2.55. The van der Waals surface area contributed by atoms with Crippen LogP contribution < -0.4 is 9.47 Å². The molecular formula is C17H16O4. The number of para-hydroxylation sites is 1. The molecule has 0 saturated heterocycles. The largest absolute Gasteiger partial charge is 0.497 e. The van der Waals surface area contributed by atoms with Crippen molar-refractivity contribution in [2.45, 2.75) is 6.10 Å². The molecule has 1 N–H and O–H groups in total. The number of benzene rings is 2. The van der Waals surface area contributed by atoms with Crippen molar-refractivity contribution >= 4 is 5.78 Å². The molecule has 1 aliphatic heterocycles. The van der Waals surface area contributed by atoms with Crippen LogP contribution in [0.15, 0.2) is 48.5 Å². The van der Waals surface area contributed by atoms with Crippen LogP contribution in [0, 0.1) is 5.92 Å². The maximum atomic E-state index is 12.6. The summed E-state index contributed by atoms with van der Waals surface area (Å²) < 4.78 is 10.7. The van der Waals surface area contributed by atoms with E-state index < -0.39 is 12.0 Å².